The molecular weight excluding hydrogens is 625 g/mol. The number of fused-ring (bicyclic) bond motifs is 3. The number of aliphatic hydroxyl groups excluding tert-OH is 1. The molecule has 248 valence electrons. The van der Waals surface area contributed by atoms with E-state index in [1.165, 1.54) is 4.68 Å². The van der Waals surface area contributed by atoms with E-state index in [4.69, 9.17) is 4.74 Å². The molecule has 3 aromatic carbocycles. The van der Waals surface area contributed by atoms with Crippen molar-refractivity contribution in [2.24, 2.45) is 5.92 Å². The van der Waals surface area contributed by atoms with Crippen LogP contribution in [0.2, 0.25) is 18.6 Å². The highest BCUT2D eigenvalue weighted by Gasteiger charge is 2.66. The number of rotatable bonds is 10. The summed E-state index contributed by atoms with van der Waals surface area (Å²) >= 11 is 0. The smallest absolute Gasteiger partial charge is 0.279 e. The van der Waals surface area contributed by atoms with E-state index in [0.29, 0.717) is 53.0 Å². The van der Waals surface area contributed by atoms with Gasteiger partial charge in [-0.15, -0.1) is 11.7 Å². The zero-order valence-electron chi connectivity index (χ0n) is 27.3. The second-order valence-corrected chi connectivity index (χ2v) is 17.4. The predicted molar refractivity (Wildman–Crippen MR) is 186 cm³/mol. The molecule has 1 amide bonds. The molecule has 4 heterocycles. The van der Waals surface area contributed by atoms with E-state index >= 15 is 0 Å². The molecule has 11 nitrogen and oxygen atoms in total. The molecule has 2 aromatic heterocycles. The number of aryl methyl sites for hydroxylation is 1. The standard InChI is InChI=1S/C36H40N6O5Si/c1-5-18-41-31-16-15-25(42-34(44)26-13-9-10-14-29(26)38-42)20-28(31)36(35(41)45)23(2)33(48(3,4)46)32(47-36)17-19-40-21-30(37-39-40)27(22-43)24-11-7-6-8-12-24/h5-16,20-21,23,27,32-33,38,43,46H,1,17-19,22H2,2-4H3/t23-,27?,32+,33-,36+/m0/s1. The Morgan fingerprint density at radius 3 is 2.56 bits per heavy atom. The van der Waals surface area contributed by atoms with Crippen LogP contribution in [0.4, 0.5) is 5.69 Å². The minimum absolute atomic E-state index is 0.101. The number of amides is 1. The minimum atomic E-state index is -2.90. The van der Waals surface area contributed by atoms with Gasteiger partial charge >= 0.3 is 0 Å². The van der Waals surface area contributed by atoms with Crippen LogP contribution in [0.5, 0.6) is 0 Å². The Bertz CT molecular complexity index is 2050. The van der Waals surface area contributed by atoms with Crippen molar-refractivity contribution in [2.45, 2.75) is 56.1 Å². The van der Waals surface area contributed by atoms with Crippen molar-refractivity contribution in [3.63, 3.8) is 0 Å². The van der Waals surface area contributed by atoms with Crippen LogP contribution in [0.1, 0.15) is 36.1 Å². The van der Waals surface area contributed by atoms with Gasteiger partial charge in [0.2, 0.25) is 0 Å². The average Bonchev–Trinajstić information content (AvgIpc) is 3.81. The lowest BCUT2D eigenvalue weighted by molar-refractivity contribution is -0.145. The van der Waals surface area contributed by atoms with Gasteiger partial charge in [-0.1, -0.05) is 60.7 Å². The summed E-state index contributed by atoms with van der Waals surface area (Å²) in [7, 11) is -2.90. The number of aromatic amines is 1. The number of aromatic nitrogens is 5. The number of hydrogen-bond donors (Lipinski definition) is 3. The van der Waals surface area contributed by atoms with Crippen molar-refractivity contribution < 1.29 is 19.4 Å². The van der Waals surface area contributed by atoms with Crippen LogP contribution in [-0.2, 0) is 21.7 Å². The molecular formula is C36H40N6O5Si. The highest BCUT2D eigenvalue weighted by atomic mass is 28.4. The monoisotopic (exact) mass is 664 g/mol. The molecule has 1 saturated heterocycles. The van der Waals surface area contributed by atoms with Gasteiger partial charge in [0.1, 0.15) is 0 Å². The number of H-pyrrole nitrogens is 1. The summed E-state index contributed by atoms with van der Waals surface area (Å²) in [5.74, 6) is -0.869. The van der Waals surface area contributed by atoms with E-state index in [1.54, 1.807) is 21.7 Å². The SMILES string of the molecule is C=CCN1C(=O)[C@]2(O[C@H](CCn3cc(C(CO)c4ccccc4)nn3)[C@@H]([Si](C)(C)O)[C@@H]2C)c2cc(-n3[nH]c4ccccc4c3=O)ccc21. The lowest BCUT2D eigenvalue weighted by Crippen LogP contribution is -2.46. The summed E-state index contributed by atoms with van der Waals surface area (Å²) in [6.45, 7) is 10.3. The van der Waals surface area contributed by atoms with Crippen LogP contribution in [-0.4, -0.2) is 68.2 Å². The summed E-state index contributed by atoms with van der Waals surface area (Å²) in [4.78, 5) is 41.3. The molecule has 5 aromatic rings. The zero-order chi connectivity index (χ0) is 33.8. The molecule has 3 N–H and O–H groups in total. The van der Waals surface area contributed by atoms with Crippen LogP contribution in [0.3, 0.4) is 0 Å². The van der Waals surface area contributed by atoms with Gasteiger partial charge in [-0.3, -0.25) is 19.4 Å². The van der Waals surface area contributed by atoms with E-state index in [9.17, 15) is 19.5 Å². The number of aliphatic hydroxyl groups is 1. The molecule has 0 aliphatic carbocycles. The number of benzene rings is 3. The fourth-order valence-corrected chi connectivity index (χ4v) is 10.5. The number of ether oxygens (including phenoxy) is 1. The van der Waals surface area contributed by atoms with Crippen LogP contribution >= 0.6 is 0 Å². The number of hydrogen-bond acceptors (Lipinski definition) is 7. The maximum absolute atomic E-state index is 14.5. The third-order valence-corrected chi connectivity index (χ3v) is 12.6. The summed E-state index contributed by atoms with van der Waals surface area (Å²) < 4.78 is 10.2. The number of nitrogens with one attached hydrogen (secondary N) is 1. The molecule has 7 rings (SSSR count). The van der Waals surface area contributed by atoms with E-state index in [0.717, 1.165) is 5.56 Å². The minimum Gasteiger partial charge on any atom is -0.432 e. The van der Waals surface area contributed by atoms with Gasteiger partial charge in [0.15, 0.2) is 13.9 Å². The third kappa shape index (κ3) is 5.07. The van der Waals surface area contributed by atoms with Crippen molar-refractivity contribution in [1.82, 2.24) is 24.8 Å². The Balaban J connectivity index is 1.24. The fraction of sp³-hybridized carbons (Fsp3) is 0.333. The molecule has 0 bridgehead atoms. The Hall–Kier alpha value is -4.62. The topological polar surface area (TPSA) is 138 Å². The van der Waals surface area contributed by atoms with Crippen molar-refractivity contribution in [1.29, 1.82) is 0 Å². The molecule has 48 heavy (non-hydrogen) atoms. The second kappa shape index (κ2) is 12.1. The molecule has 2 aliphatic heterocycles. The molecule has 5 atom stereocenters. The Morgan fingerprint density at radius 1 is 1.10 bits per heavy atom. The molecule has 2 aliphatic rings. The fourth-order valence-electron chi connectivity index (χ4n) is 7.92. The lowest BCUT2D eigenvalue weighted by atomic mass is 9.82. The van der Waals surface area contributed by atoms with Gasteiger partial charge in [0, 0.05) is 36.3 Å². The summed E-state index contributed by atoms with van der Waals surface area (Å²) in [6.07, 6.45) is 3.55. The van der Waals surface area contributed by atoms with Gasteiger partial charge in [0.05, 0.1) is 46.6 Å². The first-order valence-corrected chi connectivity index (χ1v) is 19.3. The maximum atomic E-state index is 14.5. The zero-order valence-corrected chi connectivity index (χ0v) is 28.3. The molecule has 1 unspecified atom stereocenters. The van der Waals surface area contributed by atoms with Crippen LogP contribution in [0.25, 0.3) is 16.6 Å². The van der Waals surface area contributed by atoms with Gasteiger partial charge in [0.25, 0.3) is 11.5 Å². The van der Waals surface area contributed by atoms with Gasteiger partial charge in [-0.25, -0.2) is 4.68 Å². The highest BCUT2D eigenvalue weighted by Crippen LogP contribution is 2.59. The van der Waals surface area contributed by atoms with E-state index < -0.39 is 20.0 Å². The average molecular weight is 665 g/mol. The van der Waals surface area contributed by atoms with Crippen molar-refractivity contribution in [2.75, 3.05) is 18.1 Å². The summed E-state index contributed by atoms with van der Waals surface area (Å²) in [6, 6.07) is 22.6. The van der Waals surface area contributed by atoms with Gasteiger partial charge < -0.3 is 19.5 Å². The van der Waals surface area contributed by atoms with Crippen LogP contribution in [0, 0.1) is 5.92 Å². The third-order valence-electron chi connectivity index (χ3n) is 10.1. The quantitative estimate of drug-likeness (QED) is 0.148. The van der Waals surface area contributed by atoms with Crippen molar-refractivity contribution in [3.8, 4) is 5.69 Å². The predicted octanol–water partition coefficient (Wildman–Crippen LogP) is 4.46. The van der Waals surface area contributed by atoms with Crippen molar-refractivity contribution >= 4 is 30.8 Å². The summed E-state index contributed by atoms with van der Waals surface area (Å²) in [5.41, 5.74) is 2.46. The first-order chi connectivity index (χ1) is 23.1. The second-order valence-electron chi connectivity index (χ2n) is 13.4. The Kier molecular flexibility index (Phi) is 8.07. The van der Waals surface area contributed by atoms with E-state index in [2.05, 4.69) is 22.0 Å². The Labute approximate surface area is 279 Å². The van der Waals surface area contributed by atoms with E-state index in [-0.39, 0.29) is 35.5 Å². The lowest BCUT2D eigenvalue weighted by Gasteiger charge is -2.32. The number of nitrogens with zero attached hydrogens (tertiary/aromatic N) is 5. The highest BCUT2D eigenvalue weighted by molar-refractivity contribution is 6.71. The maximum Gasteiger partial charge on any atom is 0.279 e. The molecule has 0 saturated carbocycles. The number of carbonyl (C=O) groups is 1. The molecule has 1 spiro atoms. The van der Waals surface area contributed by atoms with Gasteiger partial charge in [-0.2, -0.15) is 0 Å². The van der Waals surface area contributed by atoms with E-state index in [1.807, 2.05) is 92.9 Å². The van der Waals surface area contributed by atoms with Gasteiger partial charge in [-0.05, 0) is 55.4 Å². The summed E-state index contributed by atoms with van der Waals surface area (Å²) in [5, 5.41) is 22.6. The van der Waals surface area contributed by atoms with Crippen LogP contribution < -0.4 is 10.5 Å². The number of para-hydroxylation sites is 1. The van der Waals surface area contributed by atoms with Crippen molar-refractivity contribution in [3.05, 3.63) is 119 Å². The molecule has 0 radical (unpaired) electrons. The number of carbonyl (C=O) groups excluding carboxylic acids is 1. The normalized spacial score (nSPS) is 22.9. The first-order valence-electron chi connectivity index (χ1n) is 16.3. The molecule has 1 fully saturated rings. The van der Waals surface area contributed by atoms with Crippen LogP contribution in [0.15, 0.2) is 96.4 Å². The largest absolute Gasteiger partial charge is 0.432 e. The Morgan fingerprint density at radius 2 is 1.85 bits per heavy atom. The number of anilines is 1. The first kappa shape index (κ1) is 31.9. The molecule has 12 heteroatoms.